The second-order valence-corrected chi connectivity index (χ2v) is 5.39. The molecule has 0 aliphatic carbocycles. The van der Waals surface area contributed by atoms with Crippen LogP contribution in [0.3, 0.4) is 0 Å². The summed E-state index contributed by atoms with van der Waals surface area (Å²) in [5.41, 5.74) is 1.00. The van der Waals surface area contributed by atoms with Crippen molar-refractivity contribution >= 4 is 11.3 Å². The number of nitrogens with one attached hydrogen (secondary N) is 1. The average molecular weight is 242 g/mol. The predicted molar refractivity (Wildman–Crippen MR) is 69.1 cm³/mol. The molecule has 1 rings (SSSR count). The van der Waals surface area contributed by atoms with E-state index in [1.165, 1.54) is 5.69 Å². The van der Waals surface area contributed by atoms with Crippen molar-refractivity contribution in [2.75, 3.05) is 20.3 Å². The zero-order valence-corrected chi connectivity index (χ0v) is 11.6. The number of hydrogen-bond donors (Lipinski definition) is 1. The molecule has 1 heterocycles. The molecule has 3 nitrogen and oxygen atoms in total. The van der Waals surface area contributed by atoms with Crippen molar-refractivity contribution in [3.8, 4) is 0 Å². The van der Waals surface area contributed by atoms with Gasteiger partial charge in [-0.1, -0.05) is 20.8 Å². The molecule has 0 aliphatic heterocycles. The Hall–Kier alpha value is -0.450. The Kier molecular flexibility index (Phi) is 4.89. The number of methoxy groups -OCH3 is 1. The van der Waals surface area contributed by atoms with Crippen molar-refractivity contribution in [1.29, 1.82) is 0 Å². The highest BCUT2D eigenvalue weighted by Gasteiger charge is 2.29. The van der Waals surface area contributed by atoms with Gasteiger partial charge in [-0.05, 0) is 19.4 Å². The van der Waals surface area contributed by atoms with Crippen LogP contribution in [0.25, 0.3) is 0 Å². The van der Waals surface area contributed by atoms with Crippen LogP contribution >= 0.6 is 11.3 Å². The maximum atomic E-state index is 5.29. The molecule has 4 heteroatoms. The SMILES string of the molecule is CCNC(C)(COC)c1nc(C(C)C)cs1. The van der Waals surface area contributed by atoms with E-state index in [9.17, 15) is 0 Å². The first kappa shape index (κ1) is 13.6. The fourth-order valence-electron chi connectivity index (χ4n) is 1.67. The van der Waals surface area contributed by atoms with Gasteiger partial charge in [0, 0.05) is 12.5 Å². The first-order valence-electron chi connectivity index (χ1n) is 5.73. The molecule has 0 spiro atoms. The molecule has 1 unspecified atom stereocenters. The highest BCUT2D eigenvalue weighted by atomic mass is 32.1. The summed E-state index contributed by atoms with van der Waals surface area (Å²) in [7, 11) is 1.73. The van der Waals surface area contributed by atoms with E-state index in [1.807, 2.05) is 0 Å². The van der Waals surface area contributed by atoms with Crippen LogP contribution in [0.2, 0.25) is 0 Å². The second-order valence-electron chi connectivity index (χ2n) is 4.53. The highest BCUT2D eigenvalue weighted by molar-refractivity contribution is 7.09. The lowest BCUT2D eigenvalue weighted by molar-refractivity contribution is 0.119. The van der Waals surface area contributed by atoms with Gasteiger partial charge in [-0.15, -0.1) is 11.3 Å². The van der Waals surface area contributed by atoms with E-state index < -0.39 is 0 Å². The van der Waals surface area contributed by atoms with E-state index in [0.717, 1.165) is 11.6 Å². The summed E-state index contributed by atoms with van der Waals surface area (Å²) >= 11 is 1.71. The van der Waals surface area contributed by atoms with E-state index in [0.29, 0.717) is 12.5 Å². The first-order chi connectivity index (χ1) is 7.53. The Morgan fingerprint density at radius 3 is 2.69 bits per heavy atom. The fraction of sp³-hybridized carbons (Fsp3) is 0.750. The minimum absolute atomic E-state index is 0.165. The van der Waals surface area contributed by atoms with E-state index in [2.05, 4.69) is 38.4 Å². The Morgan fingerprint density at radius 2 is 2.25 bits per heavy atom. The van der Waals surface area contributed by atoms with Crippen LogP contribution in [-0.4, -0.2) is 25.2 Å². The summed E-state index contributed by atoms with van der Waals surface area (Å²) in [6.07, 6.45) is 0. The van der Waals surface area contributed by atoms with Gasteiger partial charge < -0.3 is 10.1 Å². The number of nitrogens with zero attached hydrogens (tertiary/aromatic N) is 1. The zero-order chi connectivity index (χ0) is 12.2. The smallest absolute Gasteiger partial charge is 0.115 e. The number of ether oxygens (including phenoxy) is 1. The van der Waals surface area contributed by atoms with Gasteiger partial charge >= 0.3 is 0 Å². The Balaban J connectivity index is 2.92. The summed E-state index contributed by atoms with van der Waals surface area (Å²) in [6.45, 7) is 10.1. The van der Waals surface area contributed by atoms with Gasteiger partial charge in [-0.2, -0.15) is 0 Å². The van der Waals surface area contributed by atoms with Gasteiger partial charge in [0.15, 0.2) is 0 Å². The van der Waals surface area contributed by atoms with E-state index in [4.69, 9.17) is 9.72 Å². The molecule has 0 saturated heterocycles. The molecule has 16 heavy (non-hydrogen) atoms. The van der Waals surface area contributed by atoms with Gasteiger partial charge in [0.1, 0.15) is 5.01 Å². The lowest BCUT2D eigenvalue weighted by atomic mass is 10.0. The van der Waals surface area contributed by atoms with Crippen molar-refractivity contribution in [3.63, 3.8) is 0 Å². The molecule has 1 atom stereocenters. The maximum absolute atomic E-state index is 5.29. The number of hydrogen-bond acceptors (Lipinski definition) is 4. The van der Waals surface area contributed by atoms with Crippen LogP contribution in [0.4, 0.5) is 0 Å². The van der Waals surface area contributed by atoms with Gasteiger partial charge in [0.25, 0.3) is 0 Å². The van der Waals surface area contributed by atoms with Crippen LogP contribution in [0, 0.1) is 0 Å². The highest BCUT2D eigenvalue weighted by Crippen LogP contribution is 2.27. The minimum atomic E-state index is -0.165. The van der Waals surface area contributed by atoms with Crippen molar-refractivity contribution in [1.82, 2.24) is 10.3 Å². The third kappa shape index (κ3) is 3.03. The molecule has 0 radical (unpaired) electrons. The largest absolute Gasteiger partial charge is 0.382 e. The average Bonchev–Trinajstić information content (AvgIpc) is 2.67. The number of aromatic nitrogens is 1. The zero-order valence-electron chi connectivity index (χ0n) is 10.8. The maximum Gasteiger partial charge on any atom is 0.115 e. The lowest BCUT2D eigenvalue weighted by Gasteiger charge is -2.27. The molecule has 1 aromatic heterocycles. The van der Waals surface area contributed by atoms with Gasteiger partial charge in [0.2, 0.25) is 0 Å². The monoisotopic (exact) mass is 242 g/mol. The number of thiazole rings is 1. The molecule has 0 aliphatic rings. The molecule has 1 aromatic rings. The molecular weight excluding hydrogens is 220 g/mol. The predicted octanol–water partition coefficient (Wildman–Crippen LogP) is 2.74. The first-order valence-corrected chi connectivity index (χ1v) is 6.61. The third-order valence-electron chi connectivity index (χ3n) is 2.59. The molecule has 0 aromatic carbocycles. The van der Waals surface area contributed by atoms with Crippen molar-refractivity contribution in [2.24, 2.45) is 0 Å². The van der Waals surface area contributed by atoms with Crippen LogP contribution in [0.15, 0.2) is 5.38 Å². The summed E-state index contributed by atoms with van der Waals surface area (Å²) in [5.74, 6) is 0.485. The summed E-state index contributed by atoms with van der Waals surface area (Å²) in [4.78, 5) is 4.70. The third-order valence-corrected chi connectivity index (χ3v) is 3.71. The normalized spacial score (nSPS) is 15.4. The second kappa shape index (κ2) is 5.75. The topological polar surface area (TPSA) is 34.1 Å². The van der Waals surface area contributed by atoms with Crippen LogP contribution in [0.1, 0.15) is 44.3 Å². The fourth-order valence-corrected chi connectivity index (χ4v) is 2.78. The van der Waals surface area contributed by atoms with E-state index in [-0.39, 0.29) is 5.54 Å². The number of rotatable bonds is 6. The molecule has 0 amide bonds. The van der Waals surface area contributed by atoms with Crippen LogP contribution in [-0.2, 0) is 10.3 Å². The van der Waals surface area contributed by atoms with Crippen molar-refractivity contribution < 1.29 is 4.74 Å². The Labute approximate surface area is 102 Å². The Morgan fingerprint density at radius 1 is 1.56 bits per heavy atom. The molecule has 92 valence electrons. The van der Waals surface area contributed by atoms with E-state index >= 15 is 0 Å². The molecule has 0 fully saturated rings. The quantitative estimate of drug-likeness (QED) is 0.833. The van der Waals surface area contributed by atoms with Crippen LogP contribution in [0.5, 0.6) is 0 Å². The van der Waals surface area contributed by atoms with E-state index in [1.54, 1.807) is 18.4 Å². The molecule has 0 saturated carbocycles. The minimum Gasteiger partial charge on any atom is -0.382 e. The van der Waals surface area contributed by atoms with Crippen molar-refractivity contribution in [3.05, 3.63) is 16.1 Å². The lowest BCUT2D eigenvalue weighted by Crippen LogP contribution is -2.43. The summed E-state index contributed by atoms with van der Waals surface area (Å²) in [5, 5.41) is 6.71. The molecule has 0 bridgehead atoms. The van der Waals surface area contributed by atoms with Gasteiger partial charge in [0.05, 0.1) is 17.8 Å². The van der Waals surface area contributed by atoms with Crippen LogP contribution < -0.4 is 5.32 Å². The summed E-state index contributed by atoms with van der Waals surface area (Å²) in [6, 6.07) is 0. The van der Waals surface area contributed by atoms with Crippen molar-refractivity contribution in [2.45, 2.75) is 39.2 Å². The molecular formula is C12H22N2OS. The van der Waals surface area contributed by atoms with Gasteiger partial charge in [-0.3, -0.25) is 0 Å². The Bertz CT molecular complexity index is 317. The number of likely N-dealkylation sites (N-methyl/N-ethyl adjacent to an activating group) is 1. The summed E-state index contributed by atoms with van der Waals surface area (Å²) < 4.78 is 5.29. The molecule has 1 N–H and O–H groups in total. The van der Waals surface area contributed by atoms with Gasteiger partial charge in [-0.25, -0.2) is 4.98 Å². The standard InChI is InChI=1S/C12H22N2OS/c1-6-13-12(4,8-15-5)11-14-10(7-16-11)9(2)3/h7,9,13H,6,8H2,1-5H3.